The van der Waals surface area contributed by atoms with Gasteiger partial charge in [-0.25, -0.2) is 0 Å². The number of nitrogen functional groups attached to an aromatic ring is 1. The fourth-order valence-electron chi connectivity index (χ4n) is 4.81. The first kappa shape index (κ1) is 18.7. The molecule has 7 heteroatoms. The summed E-state index contributed by atoms with van der Waals surface area (Å²) in [5, 5.41) is 11.8. The Balaban J connectivity index is 1.51. The number of ketones is 1. The molecule has 7 nitrogen and oxygen atoms in total. The van der Waals surface area contributed by atoms with Gasteiger partial charge in [0.15, 0.2) is 11.6 Å². The Kier molecular flexibility index (Phi) is 4.46. The normalized spacial score (nSPS) is 18.7. The second-order valence-corrected chi connectivity index (χ2v) is 8.33. The van der Waals surface area contributed by atoms with E-state index in [-0.39, 0.29) is 11.7 Å². The van der Waals surface area contributed by atoms with E-state index in [1.807, 2.05) is 24.3 Å². The Morgan fingerprint density at radius 3 is 2.73 bits per heavy atom. The minimum absolute atomic E-state index is 0.0557. The number of rotatable bonds is 4. The number of carbonyl (C=O) groups is 2. The van der Waals surface area contributed by atoms with Crippen LogP contribution >= 0.6 is 0 Å². The van der Waals surface area contributed by atoms with Crippen molar-refractivity contribution < 1.29 is 9.59 Å². The predicted octanol–water partition coefficient (Wildman–Crippen LogP) is 3.79. The van der Waals surface area contributed by atoms with Crippen molar-refractivity contribution in [2.45, 2.75) is 51.2 Å². The molecule has 1 unspecified atom stereocenters. The molecule has 1 aliphatic heterocycles. The number of nitrogens with zero attached hydrogens (tertiary/aromatic N) is 2. The quantitative estimate of drug-likeness (QED) is 0.575. The maximum absolute atomic E-state index is 13.5. The maximum atomic E-state index is 13.5. The first-order chi connectivity index (χ1) is 14.5. The van der Waals surface area contributed by atoms with Gasteiger partial charge < -0.3 is 16.0 Å². The van der Waals surface area contributed by atoms with Crippen LogP contribution in [0.25, 0.3) is 10.9 Å². The zero-order chi connectivity index (χ0) is 20.8. The van der Waals surface area contributed by atoms with Crippen LogP contribution in [0.3, 0.4) is 0 Å². The number of hydrogen-bond acceptors (Lipinski definition) is 5. The number of aromatic amines is 1. The topological polar surface area (TPSA) is 104 Å². The number of Topliss-reactive ketones (excluding diaryl/α,β-unsaturated/α-hetero) is 1. The number of hydrogen-bond donors (Lipinski definition) is 3. The summed E-state index contributed by atoms with van der Waals surface area (Å²) >= 11 is 0. The molecule has 1 atom stereocenters. The van der Waals surface area contributed by atoms with Gasteiger partial charge >= 0.3 is 0 Å². The number of carbonyl (C=O) groups excluding carboxylic acids is 2. The van der Waals surface area contributed by atoms with Crippen molar-refractivity contribution in [3.8, 4) is 0 Å². The van der Waals surface area contributed by atoms with E-state index in [2.05, 4.69) is 15.5 Å². The van der Waals surface area contributed by atoms with Crippen LogP contribution < -0.4 is 11.1 Å². The molecule has 1 amide bonds. The second-order valence-electron chi connectivity index (χ2n) is 8.33. The molecule has 0 saturated heterocycles. The summed E-state index contributed by atoms with van der Waals surface area (Å²) in [7, 11) is 0. The number of fused-ring (bicyclic) bond motifs is 2. The Morgan fingerprint density at radius 1 is 1.20 bits per heavy atom. The van der Waals surface area contributed by atoms with E-state index in [1.165, 1.54) is 19.8 Å². The van der Waals surface area contributed by atoms with Gasteiger partial charge in [0.1, 0.15) is 6.04 Å². The van der Waals surface area contributed by atoms with Crippen LogP contribution in [-0.2, 0) is 11.3 Å². The number of amides is 1. The Bertz CT molecular complexity index is 1150. The van der Waals surface area contributed by atoms with Crippen LogP contribution in [0.4, 0.5) is 11.5 Å². The largest absolute Gasteiger partial charge is 0.398 e. The zero-order valence-corrected chi connectivity index (χ0v) is 16.9. The molecule has 0 bridgehead atoms. The van der Waals surface area contributed by atoms with E-state index in [0.717, 1.165) is 40.7 Å². The van der Waals surface area contributed by atoms with Crippen molar-refractivity contribution in [2.24, 2.45) is 0 Å². The van der Waals surface area contributed by atoms with Gasteiger partial charge in [-0.3, -0.25) is 14.7 Å². The maximum Gasteiger partial charge on any atom is 0.257 e. The molecule has 0 radical (unpaired) electrons. The number of nitrogens with two attached hydrogens (primary N) is 1. The molecule has 1 aromatic heterocycles. The van der Waals surface area contributed by atoms with Gasteiger partial charge in [0.2, 0.25) is 0 Å². The van der Waals surface area contributed by atoms with Crippen LogP contribution in [0.1, 0.15) is 60.1 Å². The molecular formula is C23H25N5O2. The number of benzene rings is 2. The summed E-state index contributed by atoms with van der Waals surface area (Å²) in [6.07, 6.45) is 4.69. The molecule has 4 N–H and O–H groups in total. The minimum Gasteiger partial charge on any atom is -0.398 e. The lowest BCUT2D eigenvalue weighted by Crippen LogP contribution is -2.33. The Morgan fingerprint density at radius 2 is 1.97 bits per heavy atom. The lowest BCUT2D eigenvalue weighted by molar-refractivity contribution is -0.121. The zero-order valence-electron chi connectivity index (χ0n) is 16.9. The van der Waals surface area contributed by atoms with Crippen molar-refractivity contribution in [3.05, 3.63) is 53.1 Å². The Labute approximate surface area is 174 Å². The van der Waals surface area contributed by atoms with Crippen LogP contribution in [0.5, 0.6) is 0 Å². The van der Waals surface area contributed by atoms with Gasteiger partial charge in [-0.15, -0.1) is 0 Å². The van der Waals surface area contributed by atoms with Gasteiger partial charge in [0.05, 0.1) is 11.1 Å². The summed E-state index contributed by atoms with van der Waals surface area (Å²) < 4.78 is 0. The lowest BCUT2D eigenvalue weighted by atomic mass is 10.0. The highest BCUT2D eigenvalue weighted by atomic mass is 16.2. The highest BCUT2D eigenvalue weighted by molar-refractivity contribution is 6.07. The molecule has 2 aliphatic rings. The molecule has 2 heterocycles. The molecule has 3 aromatic rings. The Hall–Kier alpha value is -3.35. The third-order valence-corrected chi connectivity index (χ3v) is 6.31. The molecule has 1 aliphatic carbocycles. The summed E-state index contributed by atoms with van der Waals surface area (Å²) in [4.78, 5) is 27.5. The first-order valence-electron chi connectivity index (χ1n) is 10.5. The van der Waals surface area contributed by atoms with Crippen molar-refractivity contribution in [3.63, 3.8) is 0 Å². The van der Waals surface area contributed by atoms with E-state index in [0.29, 0.717) is 23.8 Å². The number of aromatic nitrogens is 2. The third-order valence-electron chi connectivity index (χ3n) is 6.31. The molecule has 1 fully saturated rings. The van der Waals surface area contributed by atoms with Crippen LogP contribution in [0.2, 0.25) is 0 Å². The van der Waals surface area contributed by atoms with Crippen LogP contribution in [0.15, 0.2) is 36.4 Å². The van der Waals surface area contributed by atoms with Crippen LogP contribution in [-0.4, -0.2) is 32.8 Å². The van der Waals surface area contributed by atoms with Crippen molar-refractivity contribution in [1.82, 2.24) is 15.1 Å². The fraction of sp³-hybridized carbons (Fsp3) is 0.348. The van der Waals surface area contributed by atoms with Crippen LogP contribution in [0, 0.1) is 0 Å². The van der Waals surface area contributed by atoms with E-state index in [4.69, 9.17) is 5.73 Å². The first-order valence-corrected chi connectivity index (χ1v) is 10.5. The van der Waals surface area contributed by atoms with Gasteiger partial charge in [-0.2, -0.15) is 5.10 Å². The van der Waals surface area contributed by atoms with E-state index >= 15 is 0 Å². The molecule has 30 heavy (non-hydrogen) atoms. The summed E-state index contributed by atoms with van der Waals surface area (Å²) in [6.45, 7) is 1.93. The predicted molar refractivity (Wildman–Crippen MR) is 116 cm³/mol. The molecular weight excluding hydrogens is 378 g/mol. The molecule has 0 spiro atoms. The summed E-state index contributed by atoms with van der Waals surface area (Å²) in [5.41, 5.74) is 9.71. The van der Waals surface area contributed by atoms with Gasteiger partial charge in [0, 0.05) is 23.7 Å². The molecule has 5 rings (SSSR count). The number of H-pyrrole nitrogens is 1. The standard InChI is InChI=1S/C23H25N5O2/c1-13(29)21-16-9-5-2-6-14(16)12-28(21)23(30)17-10-18-20(11-19(17)24)26-27-22(18)25-15-7-3-4-8-15/h2,5-6,9-11,15,21H,3-4,7-8,12,24H2,1H3,(H2,25,26,27). The van der Waals surface area contributed by atoms with Gasteiger partial charge in [-0.1, -0.05) is 37.1 Å². The SMILES string of the molecule is CC(=O)C1c2ccccc2CN1C(=O)c1cc2c(NC3CCCC3)n[nH]c2cc1N. The van der Waals surface area contributed by atoms with E-state index in [9.17, 15) is 9.59 Å². The fourth-order valence-corrected chi connectivity index (χ4v) is 4.81. The third kappa shape index (κ3) is 3.01. The summed E-state index contributed by atoms with van der Waals surface area (Å²) in [5.74, 6) is 0.456. The smallest absolute Gasteiger partial charge is 0.257 e. The van der Waals surface area contributed by atoms with Gasteiger partial charge in [-0.05, 0) is 43.0 Å². The highest BCUT2D eigenvalue weighted by Crippen LogP contribution is 2.37. The molecule has 1 saturated carbocycles. The average molecular weight is 403 g/mol. The van der Waals surface area contributed by atoms with Crippen molar-refractivity contribution in [2.75, 3.05) is 11.1 Å². The number of nitrogens with one attached hydrogen (secondary N) is 2. The highest BCUT2D eigenvalue weighted by Gasteiger charge is 2.37. The second kappa shape index (κ2) is 7.16. The molecule has 154 valence electrons. The lowest BCUT2D eigenvalue weighted by Gasteiger charge is -2.24. The molecule has 2 aromatic carbocycles. The average Bonchev–Trinajstić information content (AvgIpc) is 3.46. The van der Waals surface area contributed by atoms with E-state index in [1.54, 1.807) is 17.0 Å². The van der Waals surface area contributed by atoms with Crippen molar-refractivity contribution in [1.29, 1.82) is 0 Å². The summed E-state index contributed by atoms with van der Waals surface area (Å²) in [6, 6.07) is 11.1. The monoisotopic (exact) mass is 403 g/mol. The van der Waals surface area contributed by atoms with E-state index < -0.39 is 6.04 Å². The van der Waals surface area contributed by atoms with Crippen molar-refractivity contribution >= 4 is 34.1 Å². The van der Waals surface area contributed by atoms with Gasteiger partial charge in [0.25, 0.3) is 5.91 Å². The number of anilines is 2. The minimum atomic E-state index is -0.579.